The van der Waals surface area contributed by atoms with Crippen molar-refractivity contribution in [3.05, 3.63) is 33.3 Å². The molecule has 2 unspecified atom stereocenters. The second-order valence-electron chi connectivity index (χ2n) is 5.26. The van der Waals surface area contributed by atoms with Crippen LogP contribution in [0, 0.1) is 0 Å². The van der Waals surface area contributed by atoms with Crippen molar-refractivity contribution in [2.45, 2.75) is 44.7 Å². The number of nitrogens with two attached hydrogens (primary N) is 1. The molecule has 1 amide bonds. The molecule has 3 nitrogen and oxygen atoms in total. The lowest BCUT2D eigenvalue weighted by Crippen LogP contribution is -2.42. The Morgan fingerprint density at radius 2 is 2.25 bits per heavy atom. The minimum atomic E-state index is -0.0569. The van der Waals surface area contributed by atoms with Crippen molar-refractivity contribution < 1.29 is 4.79 Å². The number of carbonyl (C=O) groups is 1. The Bertz CT molecular complexity index is 495. The third kappa shape index (κ3) is 3.35. The minimum absolute atomic E-state index is 0.0268. The molecule has 2 rings (SSSR count). The Morgan fingerprint density at radius 3 is 2.90 bits per heavy atom. The van der Waals surface area contributed by atoms with Gasteiger partial charge in [0, 0.05) is 23.5 Å². The zero-order valence-corrected chi connectivity index (χ0v) is 14.0. The predicted octanol–water partition coefficient (Wildman–Crippen LogP) is 3.89. The molecule has 1 aromatic carbocycles. The van der Waals surface area contributed by atoms with Gasteiger partial charge in [0.2, 0.25) is 5.91 Å². The summed E-state index contributed by atoms with van der Waals surface area (Å²) in [6, 6.07) is 5.72. The Labute approximate surface area is 133 Å². The molecule has 1 aliphatic rings. The standard InChI is InChI=1S/C15H20BrClN2O/c1-2-8-19-14(20)5-3-4-13(18)15(19)10-6-7-12(17)11(16)9-10/h6-7,9,13,15H,2-5,8,18H2,1H3. The van der Waals surface area contributed by atoms with Crippen molar-refractivity contribution >= 4 is 33.4 Å². The molecule has 0 bridgehead atoms. The fourth-order valence-electron chi connectivity index (χ4n) is 2.80. The number of hydrogen-bond donors (Lipinski definition) is 1. The van der Waals surface area contributed by atoms with Crippen molar-refractivity contribution in [2.75, 3.05) is 6.54 Å². The van der Waals surface area contributed by atoms with E-state index in [1.54, 1.807) is 0 Å². The third-order valence-electron chi connectivity index (χ3n) is 3.74. The molecular formula is C15H20BrClN2O. The first-order valence-electron chi connectivity index (χ1n) is 7.04. The van der Waals surface area contributed by atoms with E-state index in [9.17, 15) is 4.79 Å². The summed E-state index contributed by atoms with van der Waals surface area (Å²) in [6.45, 7) is 2.83. The molecule has 1 aromatic rings. The van der Waals surface area contributed by atoms with Gasteiger partial charge in [0.05, 0.1) is 11.1 Å². The SMILES string of the molecule is CCCN1C(=O)CCCC(N)C1c1ccc(Cl)c(Br)c1. The van der Waals surface area contributed by atoms with E-state index in [1.165, 1.54) is 0 Å². The van der Waals surface area contributed by atoms with Crippen LogP contribution < -0.4 is 5.73 Å². The number of halogens is 2. The first-order chi connectivity index (χ1) is 9.54. The van der Waals surface area contributed by atoms with Gasteiger partial charge >= 0.3 is 0 Å². The van der Waals surface area contributed by atoms with E-state index in [0.717, 1.165) is 35.8 Å². The number of amides is 1. The topological polar surface area (TPSA) is 46.3 Å². The van der Waals surface area contributed by atoms with Crippen molar-refractivity contribution in [1.82, 2.24) is 4.90 Å². The van der Waals surface area contributed by atoms with Crippen LogP contribution in [-0.4, -0.2) is 23.4 Å². The molecule has 1 saturated heterocycles. The van der Waals surface area contributed by atoms with E-state index >= 15 is 0 Å². The summed E-state index contributed by atoms with van der Waals surface area (Å²) in [4.78, 5) is 14.3. The van der Waals surface area contributed by atoms with E-state index in [-0.39, 0.29) is 18.0 Å². The Hall–Kier alpha value is -0.580. The highest BCUT2D eigenvalue weighted by molar-refractivity contribution is 9.10. The first kappa shape index (κ1) is 15.8. The van der Waals surface area contributed by atoms with Crippen molar-refractivity contribution in [3.63, 3.8) is 0 Å². The van der Waals surface area contributed by atoms with Crippen LogP contribution in [0.2, 0.25) is 5.02 Å². The van der Waals surface area contributed by atoms with Crippen LogP contribution in [0.3, 0.4) is 0 Å². The largest absolute Gasteiger partial charge is 0.334 e. The normalized spacial score (nSPS) is 23.8. The van der Waals surface area contributed by atoms with E-state index in [2.05, 4.69) is 22.9 Å². The molecule has 5 heteroatoms. The summed E-state index contributed by atoms with van der Waals surface area (Å²) in [5.41, 5.74) is 7.39. The summed E-state index contributed by atoms with van der Waals surface area (Å²) in [6.07, 6.45) is 3.27. The minimum Gasteiger partial charge on any atom is -0.334 e. The second kappa shape index (κ2) is 6.92. The number of rotatable bonds is 3. The van der Waals surface area contributed by atoms with Gasteiger partial charge in [-0.25, -0.2) is 0 Å². The van der Waals surface area contributed by atoms with Crippen LogP contribution in [0.25, 0.3) is 0 Å². The highest BCUT2D eigenvalue weighted by atomic mass is 79.9. The maximum atomic E-state index is 12.3. The predicted molar refractivity (Wildman–Crippen MR) is 85.7 cm³/mol. The highest BCUT2D eigenvalue weighted by Gasteiger charge is 2.32. The van der Waals surface area contributed by atoms with Gasteiger partial charge < -0.3 is 10.6 Å². The summed E-state index contributed by atoms with van der Waals surface area (Å²) in [5, 5.41) is 0.671. The molecule has 110 valence electrons. The fourth-order valence-corrected chi connectivity index (χ4v) is 3.32. The highest BCUT2D eigenvalue weighted by Crippen LogP contribution is 2.33. The van der Waals surface area contributed by atoms with Gasteiger partial charge in [0.15, 0.2) is 0 Å². The van der Waals surface area contributed by atoms with E-state index in [1.807, 2.05) is 23.1 Å². The van der Waals surface area contributed by atoms with Gasteiger partial charge in [-0.1, -0.05) is 24.6 Å². The Balaban J connectivity index is 2.40. The summed E-state index contributed by atoms with van der Waals surface area (Å²) in [5.74, 6) is 0.205. The van der Waals surface area contributed by atoms with Crippen LogP contribution in [0.1, 0.15) is 44.2 Å². The zero-order valence-electron chi connectivity index (χ0n) is 11.6. The van der Waals surface area contributed by atoms with Crippen LogP contribution in [-0.2, 0) is 4.79 Å². The molecule has 0 spiro atoms. The fraction of sp³-hybridized carbons (Fsp3) is 0.533. The van der Waals surface area contributed by atoms with Gasteiger partial charge in [-0.2, -0.15) is 0 Å². The number of benzene rings is 1. The molecule has 1 aliphatic heterocycles. The number of carbonyl (C=O) groups excluding carboxylic acids is 1. The molecule has 20 heavy (non-hydrogen) atoms. The molecule has 0 saturated carbocycles. The average molecular weight is 360 g/mol. The molecule has 2 N–H and O–H groups in total. The molecule has 2 atom stereocenters. The molecule has 0 aliphatic carbocycles. The molecular weight excluding hydrogens is 340 g/mol. The number of nitrogens with zero attached hydrogens (tertiary/aromatic N) is 1. The quantitative estimate of drug-likeness (QED) is 0.890. The van der Waals surface area contributed by atoms with Crippen LogP contribution in [0.5, 0.6) is 0 Å². The summed E-state index contributed by atoms with van der Waals surface area (Å²) >= 11 is 9.51. The Kier molecular flexibility index (Phi) is 5.47. The van der Waals surface area contributed by atoms with Crippen molar-refractivity contribution in [1.29, 1.82) is 0 Å². The van der Waals surface area contributed by atoms with Gasteiger partial charge in [0.1, 0.15) is 0 Å². The maximum Gasteiger partial charge on any atom is 0.223 e. The summed E-state index contributed by atoms with van der Waals surface area (Å²) in [7, 11) is 0. The lowest BCUT2D eigenvalue weighted by Gasteiger charge is -2.34. The van der Waals surface area contributed by atoms with E-state index in [4.69, 9.17) is 17.3 Å². The lowest BCUT2D eigenvalue weighted by atomic mass is 9.96. The van der Waals surface area contributed by atoms with Gasteiger partial charge in [-0.3, -0.25) is 4.79 Å². The van der Waals surface area contributed by atoms with Crippen LogP contribution in [0.15, 0.2) is 22.7 Å². The van der Waals surface area contributed by atoms with Crippen molar-refractivity contribution in [2.24, 2.45) is 5.73 Å². The smallest absolute Gasteiger partial charge is 0.223 e. The molecule has 0 radical (unpaired) electrons. The monoisotopic (exact) mass is 358 g/mol. The van der Waals surface area contributed by atoms with Gasteiger partial charge in [-0.05, 0) is 52.9 Å². The summed E-state index contributed by atoms with van der Waals surface area (Å²) < 4.78 is 0.844. The van der Waals surface area contributed by atoms with Crippen LogP contribution >= 0.6 is 27.5 Å². The van der Waals surface area contributed by atoms with Gasteiger partial charge in [-0.15, -0.1) is 0 Å². The number of likely N-dealkylation sites (tertiary alicyclic amines) is 1. The zero-order chi connectivity index (χ0) is 14.7. The third-order valence-corrected chi connectivity index (χ3v) is 4.95. The van der Waals surface area contributed by atoms with Crippen LogP contribution in [0.4, 0.5) is 0 Å². The Morgan fingerprint density at radius 1 is 1.50 bits per heavy atom. The molecule has 1 fully saturated rings. The van der Waals surface area contributed by atoms with Crippen molar-refractivity contribution in [3.8, 4) is 0 Å². The first-order valence-corrected chi connectivity index (χ1v) is 8.21. The van der Waals surface area contributed by atoms with E-state index < -0.39 is 0 Å². The van der Waals surface area contributed by atoms with E-state index in [0.29, 0.717) is 11.4 Å². The van der Waals surface area contributed by atoms with Gasteiger partial charge in [0.25, 0.3) is 0 Å². The average Bonchev–Trinajstić information content (AvgIpc) is 2.54. The molecule has 0 aromatic heterocycles. The molecule has 1 heterocycles. The number of hydrogen-bond acceptors (Lipinski definition) is 2. The maximum absolute atomic E-state index is 12.3. The lowest BCUT2D eigenvalue weighted by molar-refractivity contribution is -0.133. The second-order valence-corrected chi connectivity index (χ2v) is 6.52.